The zero-order chi connectivity index (χ0) is 12.3. The zero-order valence-electron chi connectivity index (χ0n) is 10.0. The molecule has 0 aliphatic heterocycles. The topological polar surface area (TPSA) is 24.9 Å². The Bertz CT molecular complexity index is 375. The number of nitrogens with one attached hydrogen (secondary N) is 1. The number of halogens is 2. The third kappa shape index (κ3) is 2.89. The van der Waals surface area contributed by atoms with Crippen molar-refractivity contribution in [2.45, 2.75) is 38.1 Å². The van der Waals surface area contributed by atoms with E-state index in [1.165, 1.54) is 6.07 Å². The second-order valence-electron chi connectivity index (χ2n) is 5.06. The van der Waals surface area contributed by atoms with E-state index in [1.54, 1.807) is 12.3 Å². The third-order valence-electron chi connectivity index (χ3n) is 3.63. The highest BCUT2D eigenvalue weighted by atomic mass is 35.5. The molecule has 2 rings (SSSR count). The van der Waals surface area contributed by atoms with E-state index in [-0.39, 0.29) is 11.4 Å². The predicted molar refractivity (Wildman–Crippen MR) is 68.9 cm³/mol. The second kappa shape index (κ2) is 5.21. The van der Waals surface area contributed by atoms with Crippen LogP contribution in [0.1, 0.15) is 32.6 Å². The van der Waals surface area contributed by atoms with Crippen LogP contribution in [0.2, 0.25) is 0 Å². The zero-order valence-corrected chi connectivity index (χ0v) is 10.8. The van der Waals surface area contributed by atoms with E-state index in [0.717, 1.165) is 31.6 Å². The molecule has 1 aliphatic rings. The molecule has 0 atom stereocenters. The Morgan fingerprint density at radius 3 is 2.82 bits per heavy atom. The van der Waals surface area contributed by atoms with Crippen molar-refractivity contribution in [1.29, 1.82) is 0 Å². The molecule has 0 aromatic carbocycles. The first-order valence-corrected chi connectivity index (χ1v) is 6.63. The van der Waals surface area contributed by atoms with Crippen LogP contribution in [0.3, 0.4) is 0 Å². The van der Waals surface area contributed by atoms with Gasteiger partial charge in [-0.3, -0.25) is 0 Å². The Morgan fingerprint density at radius 1 is 1.53 bits per heavy atom. The first kappa shape index (κ1) is 12.6. The highest BCUT2D eigenvalue weighted by Gasteiger charge is 2.34. The van der Waals surface area contributed by atoms with E-state index >= 15 is 0 Å². The predicted octanol–water partition coefficient (Wildman–Crippen LogP) is 3.82. The maximum Gasteiger partial charge on any atom is 0.165 e. The summed E-state index contributed by atoms with van der Waals surface area (Å²) >= 11 is 6.07. The van der Waals surface area contributed by atoms with E-state index in [1.807, 2.05) is 0 Å². The number of anilines is 1. The smallest absolute Gasteiger partial charge is 0.165 e. The lowest BCUT2D eigenvalue weighted by Crippen LogP contribution is -2.44. The number of pyridine rings is 1. The molecule has 0 spiro atoms. The Labute approximate surface area is 107 Å². The van der Waals surface area contributed by atoms with Crippen LogP contribution in [0.4, 0.5) is 10.2 Å². The molecule has 0 bridgehead atoms. The first-order chi connectivity index (χ1) is 8.15. The summed E-state index contributed by atoms with van der Waals surface area (Å²) in [6.07, 6.45) is 5.82. The molecule has 1 saturated carbocycles. The molecule has 1 fully saturated rings. The van der Waals surface area contributed by atoms with Crippen molar-refractivity contribution in [2.24, 2.45) is 5.92 Å². The van der Waals surface area contributed by atoms with Gasteiger partial charge in [-0.1, -0.05) is 6.92 Å². The van der Waals surface area contributed by atoms with Crippen LogP contribution < -0.4 is 5.32 Å². The van der Waals surface area contributed by atoms with Gasteiger partial charge >= 0.3 is 0 Å². The molecule has 0 radical (unpaired) electrons. The first-order valence-electron chi connectivity index (χ1n) is 6.10. The van der Waals surface area contributed by atoms with Crippen LogP contribution in [-0.2, 0) is 0 Å². The lowest BCUT2D eigenvalue weighted by molar-refractivity contribution is 0.285. The SMILES string of the molecule is CC1CCC(CCl)(Nc2ncccc2F)CC1. The molecule has 0 saturated heterocycles. The fraction of sp³-hybridized carbons (Fsp3) is 0.615. The van der Waals surface area contributed by atoms with Crippen molar-refractivity contribution in [3.63, 3.8) is 0 Å². The van der Waals surface area contributed by atoms with Gasteiger partial charge in [0.1, 0.15) is 0 Å². The van der Waals surface area contributed by atoms with E-state index < -0.39 is 0 Å². The highest BCUT2D eigenvalue weighted by molar-refractivity contribution is 6.18. The van der Waals surface area contributed by atoms with Crippen LogP contribution in [0.25, 0.3) is 0 Å². The highest BCUT2D eigenvalue weighted by Crippen LogP contribution is 2.35. The fourth-order valence-corrected chi connectivity index (χ4v) is 2.67. The summed E-state index contributed by atoms with van der Waals surface area (Å²) in [5.74, 6) is 1.25. The maximum absolute atomic E-state index is 13.6. The maximum atomic E-state index is 13.6. The Balaban J connectivity index is 2.12. The number of rotatable bonds is 3. The van der Waals surface area contributed by atoms with Crippen molar-refractivity contribution in [1.82, 2.24) is 4.98 Å². The van der Waals surface area contributed by atoms with Crippen molar-refractivity contribution in [2.75, 3.05) is 11.2 Å². The lowest BCUT2D eigenvalue weighted by atomic mass is 9.78. The molecule has 1 N–H and O–H groups in total. The number of hydrogen-bond acceptors (Lipinski definition) is 2. The van der Waals surface area contributed by atoms with E-state index in [2.05, 4.69) is 17.2 Å². The normalized spacial score (nSPS) is 29.0. The van der Waals surface area contributed by atoms with Gasteiger partial charge in [0.25, 0.3) is 0 Å². The van der Waals surface area contributed by atoms with Crippen LogP contribution in [0.15, 0.2) is 18.3 Å². The van der Waals surface area contributed by atoms with Gasteiger partial charge in [0.05, 0.1) is 5.54 Å². The number of aromatic nitrogens is 1. The molecule has 17 heavy (non-hydrogen) atoms. The Morgan fingerprint density at radius 2 is 2.24 bits per heavy atom. The molecular weight excluding hydrogens is 239 g/mol. The van der Waals surface area contributed by atoms with Gasteiger partial charge in [0.15, 0.2) is 11.6 Å². The van der Waals surface area contributed by atoms with E-state index in [4.69, 9.17) is 11.6 Å². The Kier molecular flexibility index (Phi) is 3.87. The van der Waals surface area contributed by atoms with Gasteiger partial charge in [-0.05, 0) is 43.7 Å². The molecule has 94 valence electrons. The minimum atomic E-state index is -0.310. The summed E-state index contributed by atoms with van der Waals surface area (Å²) < 4.78 is 13.6. The Hall–Kier alpha value is -0.830. The minimum absolute atomic E-state index is 0.191. The average Bonchev–Trinajstić information content (AvgIpc) is 2.35. The van der Waals surface area contributed by atoms with Gasteiger partial charge in [-0.2, -0.15) is 0 Å². The standard InChI is InChI=1S/C13H18ClFN2/c1-10-4-6-13(9-14,7-5-10)17-12-11(15)3-2-8-16-12/h2-3,8,10H,4-7,9H2,1H3,(H,16,17). The molecular formula is C13H18ClFN2. The summed E-state index contributed by atoms with van der Waals surface area (Å²) in [6, 6.07) is 3.01. The second-order valence-corrected chi connectivity index (χ2v) is 5.32. The summed E-state index contributed by atoms with van der Waals surface area (Å²) in [5.41, 5.74) is -0.191. The van der Waals surface area contributed by atoms with Crippen molar-refractivity contribution < 1.29 is 4.39 Å². The summed E-state index contributed by atoms with van der Waals surface area (Å²) in [7, 11) is 0. The van der Waals surface area contributed by atoms with Gasteiger partial charge in [0.2, 0.25) is 0 Å². The molecule has 1 aromatic rings. The molecule has 1 aromatic heterocycles. The lowest BCUT2D eigenvalue weighted by Gasteiger charge is -2.39. The molecule has 1 aliphatic carbocycles. The average molecular weight is 257 g/mol. The molecule has 2 nitrogen and oxygen atoms in total. The molecule has 4 heteroatoms. The molecule has 1 heterocycles. The van der Waals surface area contributed by atoms with Crippen LogP contribution in [0, 0.1) is 11.7 Å². The minimum Gasteiger partial charge on any atom is -0.361 e. The van der Waals surface area contributed by atoms with Crippen LogP contribution in [-0.4, -0.2) is 16.4 Å². The fourth-order valence-electron chi connectivity index (χ4n) is 2.34. The van der Waals surface area contributed by atoms with Gasteiger partial charge in [-0.25, -0.2) is 9.37 Å². The largest absolute Gasteiger partial charge is 0.361 e. The van der Waals surface area contributed by atoms with Crippen molar-refractivity contribution in [3.05, 3.63) is 24.1 Å². The van der Waals surface area contributed by atoms with Crippen LogP contribution in [0.5, 0.6) is 0 Å². The van der Waals surface area contributed by atoms with Crippen LogP contribution >= 0.6 is 11.6 Å². The van der Waals surface area contributed by atoms with E-state index in [9.17, 15) is 4.39 Å². The molecule has 0 unspecified atom stereocenters. The van der Waals surface area contributed by atoms with Crippen molar-refractivity contribution >= 4 is 17.4 Å². The van der Waals surface area contributed by atoms with Crippen molar-refractivity contribution in [3.8, 4) is 0 Å². The van der Waals surface area contributed by atoms with Gasteiger partial charge in [0, 0.05) is 12.1 Å². The summed E-state index contributed by atoms with van der Waals surface area (Å²) in [4.78, 5) is 4.04. The number of nitrogens with zero attached hydrogens (tertiary/aromatic N) is 1. The number of alkyl halides is 1. The quantitative estimate of drug-likeness (QED) is 0.832. The summed E-state index contributed by atoms with van der Waals surface area (Å²) in [5, 5.41) is 3.21. The monoisotopic (exact) mass is 256 g/mol. The van der Waals surface area contributed by atoms with Gasteiger partial charge < -0.3 is 5.32 Å². The molecule has 0 amide bonds. The van der Waals surface area contributed by atoms with E-state index in [0.29, 0.717) is 11.7 Å². The summed E-state index contributed by atoms with van der Waals surface area (Å²) in [6.45, 7) is 2.25. The number of hydrogen-bond donors (Lipinski definition) is 1. The van der Waals surface area contributed by atoms with Gasteiger partial charge in [-0.15, -0.1) is 11.6 Å². The third-order valence-corrected chi connectivity index (χ3v) is 4.14.